The molecule has 13 heteroatoms. The van der Waals surface area contributed by atoms with Gasteiger partial charge >= 0.3 is 43.6 Å². The second kappa shape index (κ2) is 26.6. The predicted molar refractivity (Wildman–Crippen MR) is 270 cm³/mol. The van der Waals surface area contributed by atoms with E-state index in [0.717, 1.165) is 39.3 Å². The van der Waals surface area contributed by atoms with Crippen molar-refractivity contribution in [3.05, 3.63) is 117 Å². The molecule has 8 nitrogen and oxygen atoms in total. The molecule has 0 aliphatic carbocycles. The molecule has 0 spiro atoms. The first-order valence-corrected chi connectivity index (χ1v) is 20.2. The van der Waals surface area contributed by atoms with Gasteiger partial charge in [0, 0.05) is 53.4 Å². The summed E-state index contributed by atoms with van der Waals surface area (Å²) in [4.78, 5) is 15.6. The van der Waals surface area contributed by atoms with Crippen LogP contribution in [-0.2, 0) is 28.2 Å². The van der Waals surface area contributed by atoms with Crippen molar-refractivity contribution in [3.63, 3.8) is 0 Å². The van der Waals surface area contributed by atoms with Crippen LogP contribution < -0.4 is 41.8 Å². The third kappa shape index (κ3) is 22.7. The quantitative estimate of drug-likeness (QED) is 0.0862. The first-order chi connectivity index (χ1) is 25.9. The van der Waals surface area contributed by atoms with Crippen molar-refractivity contribution in [1.29, 1.82) is 0 Å². The van der Waals surface area contributed by atoms with Crippen molar-refractivity contribution in [2.45, 2.75) is 111 Å². The van der Waals surface area contributed by atoms with E-state index in [1.54, 1.807) is 31.1 Å². The Balaban J connectivity index is -0.000000338. The molecule has 0 bridgehead atoms. The number of nitrogens with two attached hydrogens (primary N) is 4. The third-order valence-electron chi connectivity index (χ3n) is 8.53. The summed E-state index contributed by atoms with van der Waals surface area (Å²) in [5.41, 5.74) is 34.0. The Morgan fingerprint density at radius 2 is 0.983 bits per heavy atom. The zero-order chi connectivity index (χ0) is 44.7. The average Bonchev–Trinajstić information content (AvgIpc) is 3.06. The molecule has 0 unspecified atom stereocenters. The van der Waals surface area contributed by atoms with Gasteiger partial charge in [0.2, 0.25) is 0 Å². The van der Waals surface area contributed by atoms with Crippen LogP contribution in [0.1, 0.15) is 123 Å². The number of hydrogen-bond donors (Lipinski definition) is 5. The Morgan fingerprint density at radius 3 is 1.34 bits per heavy atom. The molecule has 4 aromatic carbocycles. The van der Waals surface area contributed by atoms with Gasteiger partial charge in [-0.25, -0.2) is 0 Å². The molecule has 8 N–H and O–H groups in total. The van der Waals surface area contributed by atoms with E-state index in [2.05, 4.69) is 167 Å². The fourth-order valence-electron chi connectivity index (χ4n) is 5.67. The van der Waals surface area contributed by atoms with Gasteiger partial charge in [0.25, 0.3) is 5.91 Å². The van der Waals surface area contributed by atoms with Gasteiger partial charge in [-0.3, -0.25) is 4.79 Å². The summed E-state index contributed by atoms with van der Waals surface area (Å²) in [6.45, 7) is 26.8. The van der Waals surface area contributed by atoms with E-state index < -0.39 is 0 Å². The Morgan fingerprint density at radius 1 is 0.627 bits per heavy atom. The van der Waals surface area contributed by atoms with Gasteiger partial charge in [-0.2, -0.15) is 0 Å². The molecular weight excluding hydrogens is 823 g/mol. The maximum Gasteiger partial charge on any atom is 1.00 e. The van der Waals surface area contributed by atoms with Crippen molar-refractivity contribution in [2.24, 2.45) is 4.30 Å². The van der Waals surface area contributed by atoms with Gasteiger partial charge in [0.05, 0.1) is 0 Å². The Bertz CT molecular complexity index is 1890. The smallest absolute Gasteiger partial charge is 1.00 e. The summed E-state index contributed by atoms with van der Waals surface area (Å²) in [7, 11) is 12.0. The molecule has 0 heterocycles. The van der Waals surface area contributed by atoms with Crippen molar-refractivity contribution in [1.82, 2.24) is 9.80 Å². The molecule has 0 saturated carbocycles. The molecule has 0 atom stereocenters. The van der Waals surface area contributed by atoms with E-state index in [9.17, 15) is 4.79 Å². The molecular formula is C46H76AlBBrLiN7OS. The van der Waals surface area contributed by atoms with Gasteiger partial charge in [0.15, 0.2) is 17.4 Å². The molecule has 1 amide bonds. The molecule has 59 heavy (non-hydrogen) atoms. The molecule has 0 aliphatic rings. The van der Waals surface area contributed by atoms with Crippen LogP contribution in [0.4, 0.5) is 22.7 Å². The third-order valence-corrected chi connectivity index (χ3v) is 9.02. The summed E-state index contributed by atoms with van der Waals surface area (Å²) < 4.78 is 3.78. The average molecular weight is 900 g/mol. The van der Waals surface area contributed by atoms with Crippen LogP contribution in [0.5, 0.6) is 0 Å². The van der Waals surface area contributed by atoms with E-state index in [1.165, 1.54) is 22.3 Å². The second-order valence-electron chi connectivity index (χ2n) is 18.6. The summed E-state index contributed by atoms with van der Waals surface area (Å²) in [6, 6.07) is 25.8. The van der Waals surface area contributed by atoms with Gasteiger partial charge in [-0.1, -0.05) is 129 Å². The fourth-order valence-corrected chi connectivity index (χ4v) is 6.03. The SMILES string of the molecule is CC(C)(C)c1cc(Br)ccc1N.CC(C)(C)c1ccccc1N.CN(C)C(=O)c1ccc(N)c(C(C)(C)C)c1.CN(C)Cc1ccc(N)c(C(C)(C)C)c1.[AlH3].[B]=NS.[H-].[Li+]. The van der Waals surface area contributed by atoms with Crippen LogP contribution in [0.3, 0.4) is 0 Å². The minimum atomic E-state index is -0.0489. The monoisotopic (exact) mass is 899 g/mol. The van der Waals surface area contributed by atoms with E-state index in [0.29, 0.717) is 5.56 Å². The van der Waals surface area contributed by atoms with Crippen molar-refractivity contribution >= 4 is 82.4 Å². The van der Waals surface area contributed by atoms with Crippen LogP contribution >= 0.6 is 28.7 Å². The summed E-state index contributed by atoms with van der Waals surface area (Å²) in [5, 5.41) is 0. The zero-order valence-corrected chi connectivity index (χ0v) is 41.2. The van der Waals surface area contributed by atoms with Crippen molar-refractivity contribution in [2.75, 3.05) is 51.1 Å². The molecule has 321 valence electrons. The normalized spacial score (nSPS) is 10.9. The number of amides is 1. The van der Waals surface area contributed by atoms with Crippen LogP contribution in [0, 0.1) is 0 Å². The number of benzene rings is 4. The summed E-state index contributed by atoms with van der Waals surface area (Å²) in [6.07, 6.45) is 0. The van der Waals surface area contributed by atoms with Gasteiger partial charge in [-0.05, 0) is 112 Å². The van der Waals surface area contributed by atoms with Gasteiger partial charge in [0.1, 0.15) is 0 Å². The predicted octanol–water partition coefficient (Wildman–Crippen LogP) is 6.91. The van der Waals surface area contributed by atoms with Crippen molar-refractivity contribution in [3.8, 4) is 0 Å². The standard InChI is InChI=1S/C13H20N2O.C13H22N2.C10H14BrN.C10H15N.Al.BHNS.Li.4H/c1-13(2,3)10-8-9(6-7-11(10)14)12(16)15(4)5;1-13(2,3)11-8-10(9-15(4)5)6-7-12(11)14;1-10(2,3)8-6-7(11)4-5-9(8)12;1-10(2,3)8-6-4-5-7-9(8)11;;1-2-3;;;;;/h6-8H,14H2,1-5H3;6-8H,9,14H2,1-5H3;4-6H,12H2,1-3H3;4-7H,11H2,1-3H3;;3H;;;;;/q;;;;;;+1;;;;-1. The minimum absolute atomic E-state index is 0. The second-order valence-corrected chi connectivity index (χ2v) is 19.7. The number of anilines is 4. The van der Waals surface area contributed by atoms with E-state index >= 15 is 0 Å². The van der Waals surface area contributed by atoms with Crippen LogP contribution in [-0.4, -0.2) is 68.9 Å². The number of thiol groups is 1. The Hall–Kier alpha value is -2.67. The number of nitrogen functional groups attached to an aromatic ring is 4. The first kappa shape index (κ1) is 60.6. The number of para-hydroxylation sites is 1. The summed E-state index contributed by atoms with van der Waals surface area (Å²) in [5.74, 6) is 0.00509. The molecule has 0 fully saturated rings. The maximum absolute atomic E-state index is 11.8. The number of carbonyl (C=O) groups excluding carboxylic acids is 1. The molecule has 0 saturated heterocycles. The molecule has 1 radical (unpaired) electrons. The van der Waals surface area contributed by atoms with Crippen molar-refractivity contribution < 1.29 is 25.1 Å². The Kier molecular flexibility index (Phi) is 27.4. The van der Waals surface area contributed by atoms with E-state index in [-0.39, 0.29) is 65.2 Å². The largest absolute Gasteiger partial charge is 1.00 e. The summed E-state index contributed by atoms with van der Waals surface area (Å²) >= 11 is 6.62. The number of hydrogen-bond acceptors (Lipinski definition) is 8. The van der Waals surface area contributed by atoms with Crippen LogP contribution in [0.15, 0.2) is 87.6 Å². The molecule has 4 aromatic rings. The first-order valence-electron chi connectivity index (χ1n) is 19.0. The fraction of sp³-hybridized carbons (Fsp3) is 0.457. The van der Waals surface area contributed by atoms with E-state index in [1.807, 2.05) is 42.5 Å². The van der Waals surface area contributed by atoms with Gasteiger partial charge < -0.3 is 34.2 Å². The number of nitrogens with zero attached hydrogens (tertiary/aromatic N) is 3. The number of carbonyl (C=O) groups is 1. The maximum atomic E-state index is 11.8. The number of halogens is 1. The zero-order valence-electron chi connectivity index (χ0n) is 39.7. The van der Waals surface area contributed by atoms with E-state index in [4.69, 9.17) is 22.9 Å². The van der Waals surface area contributed by atoms with Gasteiger partial charge in [-0.15, -0.1) is 0 Å². The molecule has 0 aliphatic heterocycles. The number of rotatable bonds is 3. The molecule has 0 aromatic heterocycles. The minimum Gasteiger partial charge on any atom is -1.00 e. The Labute approximate surface area is 398 Å². The van der Waals surface area contributed by atoms with Crippen LogP contribution in [0.2, 0.25) is 0 Å². The van der Waals surface area contributed by atoms with Crippen LogP contribution in [0.25, 0.3) is 0 Å². The molecule has 4 rings (SSSR count). The topological polar surface area (TPSA) is 140 Å².